The summed E-state index contributed by atoms with van der Waals surface area (Å²) in [4.78, 5) is 2.36. The number of aryl methyl sites for hydroxylation is 1. The molecule has 0 aliphatic heterocycles. The van der Waals surface area contributed by atoms with Gasteiger partial charge >= 0.3 is 0 Å². The fraction of sp³-hybridized carbons (Fsp3) is 0.273. The molecule has 2 rings (SSSR count). The van der Waals surface area contributed by atoms with Gasteiger partial charge in [-0.2, -0.15) is 0 Å². The van der Waals surface area contributed by atoms with Gasteiger partial charge < -0.3 is 5.11 Å². The minimum absolute atomic E-state index is 0.153. The standard InChI is InChI=1S/C11H12OS2/c1-7-9-4-3-8(13-2)5-10(9)14-11(7)6-12/h3-5,12H,6H2,1-2H3. The highest BCUT2D eigenvalue weighted by molar-refractivity contribution is 7.98. The molecule has 1 nitrogen and oxygen atoms in total. The summed E-state index contributed by atoms with van der Waals surface area (Å²) in [6, 6.07) is 6.47. The Morgan fingerprint density at radius 1 is 1.43 bits per heavy atom. The van der Waals surface area contributed by atoms with E-state index >= 15 is 0 Å². The molecule has 0 saturated heterocycles. The van der Waals surface area contributed by atoms with Gasteiger partial charge in [0, 0.05) is 14.5 Å². The summed E-state index contributed by atoms with van der Waals surface area (Å²) in [5, 5.41) is 10.4. The Kier molecular flexibility index (Phi) is 2.81. The third-order valence-electron chi connectivity index (χ3n) is 2.39. The molecular formula is C11H12OS2. The van der Waals surface area contributed by atoms with Crippen LogP contribution in [0.4, 0.5) is 0 Å². The fourth-order valence-corrected chi connectivity index (χ4v) is 3.16. The van der Waals surface area contributed by atoms with Gasteiger partial charge in [0.15, 0.2) is 0 Å². The van der Waals surface area contributed by atoms with Crippen molar-refractivity contribution in [2.24, 2.45) is 0 Å². The molecule has 2 aromatic rings. The van der Waals surface area contributed by atoms with Crippen molar-refractivity contribution in [3.8, 4) is 0 Å². The number of benzene rings is 1. The fourth-order valence-electron chi connectivity index (χ4n) is 1.53. The Hall–Kier alpha value is -0.510. The molecule has 1 aromatic carbocycles. The average molecular weight is 224 g/mol. The maximum absolute atomic E-state index is 9.15. The summed E-state index contributed by atoms with van der Waals surface area (Å²) in [7, 11) is 0. The predicted octanol–water partition coefficient (Wildman–Crippen LogP) is 3.42. The molecule has 0 aliphatic carbocycles. The molecule has 0 radical (unpaired) electrons. The molecule has 0 fully saturated rings. The average Bonchev–Trinajstić information content (AvgIpc) is 2.55. The van der Waals surface area contributed by atoms with Gasteiger partial charge in [-0.3, -0.25) is 0 Å². The van der Waals surface area contributed by atoms with Gasteiger partial charge in [-0.05, 0) is 36.3 Å². The quantitative estimate of drug-likeness (QED) is 0.789. The highest BCUT2D eigenvalue weighted by Gasteiger charge is 2.07. The Morgan fingerprint density at radius 2 is 2.21 bits per heavy atom. The summed E-state index contributed by atoms with van der Waals surface area (Å²) >= 11 is 3.44. The maximum Gasteiger partial charge on any atom is 0.0777 e. The lowest BCUT2D eigenvalue weighted by Gasteiger charge is -1.96. The SMILES string of the molecule is CSc1ccc2c(C)c(CO)sc2c1. The molecule has 1 aromatic heterocycles. The van der Waals surface area contributed by atoms with Gasteiger partial charge in [-0.15, -0.1) is 23.1 Å². The van der Waals surface area contributed by atoms with E-state index in [9.17, 15) is 0 Å². The van der Waals surface area contributed by atoms with Crippen molar-refractivity contribution in [3.05, 3.63) is 28.6 Å². The van der Waals surface area contributed by atoms with Crippen LogP contribution in [0.15, 0.2) is 23.1 Å². The van der Waals surface area contributed by atoms with E-state index in [4.69, 9.17) is 5.11 Å². The third-order valence-corrected chi connectivity index (χ3v) is 4.35. The molecule has 0 bridgehead atoms. The highest BCUT2D eigenvalue weighted by Crippen LogP contribution is 2.33. The first-order chi connectivity index (χ1) is 6.76. The first-order valence-corrected chi connectivity index (χ1v) is 6.47. The van der Waals surface area contributed by atoms with Crippen LogP contribution in [0.3, 0.4) is 0 Å². The van der Waals surface area contributed by atoms with Crippen LogP contribution < -0.4 is 0 Å². The summed E-state index contributed by atoms with van der Waals surface area (Å²) in [5.74, 6) is 0. The lowest BCUT2D eigenvalue weighted by Crippen LogP contribution is -1.78. The Bertz CT molecular complexity index is 460. The van der Waals surface area contributed by atoms with Crippen LogP contribution in [-0.2, 0) is 6.61 Å². The minimum Gasteiger partial charge on any atom is -0.391 e. The molecule has 0 spiro atoms. The minimum atomic E-state index is 0.153. The van der Waals surface area contributed by atoms with Gasteiger partial charge in [0.1, 0.15) is 0 Å². The number of hydrogen-bond donors (Lipinski definition) is 1. The van der Waals surface area contributed by atoms with E-state index in [1.165, 1.54) is 20.5 Å². The molecule has 1 heterocycles. The van der Waals surface area contributed by atoms with Crippen molar-refractivity contribution < 1.29 is 5.11 Å². The van der Waals surface area contributed by atoms with E-state index in [1.54, 1.807) is 23.1 Å². The molecule has 14 heavy (non-hydrogen) atoms. The van der Waals surface area contributed by atoms with E-state index in [2.05, 4.69) is 31.4 Å². The second-order valence-electron chi connectivity index (χ2n) is 3.17. The van der Waals surface area contributed by atoms with E-state index in [1.807, 2.05) is 0 Å². The number of aliphatic hydroxyl groups is 1. The lowest BCUT2D eigenvalue weighted by molar-refractivity contribution is 0.285. The summed E-state index contributed by atoms with van der Waals surface area (Å²) in [6.07, 6.45) is 2.08. The van der Waals surface area contributed by atoms with Crippen molar-refractivity contribution in [2.45, 2.75) is 18.4 Å². The smallest absolute Gasteiger partial charge is 0.0777 e. The van der Waals surface area contributed by atoms with Gasteiger partial charge in [-0.25, -0.2) is 0 Å². The Balaban J connectivity index is 2.66. The topological polar surface area (TPSA) is 20.2 Å². The highest BCUT2D eigenvalue weighted by atomic mass is 32.2. The molecule has 0 amide bonds. The molecule has 1 N–H and O–H groups in total. The van der Waals surface area contributed by atoms with Crippen LogP contribution in [0.5, 0.6) is 0 Å². The normalized spacial score (nSPS) is 11.1. The van der Waals surface area contributed by atoms with Crippen molar-refractivity contribution in [3.63, 3.8) is 0 Å². The Labute approximate surface area is 91.8 Å². The van der Waals surface area contributed by atoms with Crippen molar-refractivity contribution in [1.29, 1.82) is 0 Å². The van der Waals surface area contributed by atoms with E-state index in [0.29, 0.717) is 0 Å². The van der Waals surface area contributed by atoms with Crippen LogP contribution in [-0.4, -0.2) is 11.4 Å². The maximum atomic E-state index is 9.15. The van der Waals surface area contributed by atoms with Gasteiger partial charge in [0.2, 0.25) is 0 Å². The van der Waals surface area contributed by atoms with Gasteiger partial charge in [0.05, 0.1) is 6.61 Å². The third kappa shape index (κ3) is 1.56. The first-order valence-electron chi connectivity index (χ1n) is 4.43. The number of aliphatic hydroxyl groups excluding tert-OH is 1. The largest absolute Gasteiger partial charge is 0.391 e. The van der Waals surface area contributed by atoms with Crippen LogP contribution in [0, 0.1) is 6.92 Å². The van der Waals surface area contributed by atoms with Crippen molar-refractivity contribution in [1.82, 2.24) is 0 Å². The van der Waals surface area contributed by atoms with Gasteiger partial charge in [-0.1, -0.05) is 6.07 Å². The zero-order chi connectivity index (χ0) is 10.1. The van der Waals surface area contributed by atoms with E-state index < -0.39 is 0 Å². The van der Waals surface area contributed by atoms with E-state index in [-0.39, 0.29) is 6.61 Å². The molecule has 0 aliphatic rings. The Morgan fingerprint density at radius 3 is 2.86 bits per heavy atom. The predicted molar refractivity (Wildman–Crippen MR) is 64.3 cm³/mol. The number of rotatable bonds is 2. The summed E-state index contributed by atoms with van der Waals surface area (Å²) in [6.45, 7) is 2.23. The number of fused-ring (bicyclic) bond motifs is 1. The van der Waals surface area contributed by atoms with Gasteiger partial charge in [0.25, 0.3) is 0 Å². The molecule has 0 unspecified atom stereocenters. The van der Waals surface area contributed by atoms with Crippen LogP contribution >= 0.6 is 23.1 Å². The number of hydrogen-bond acceptors (Lipinski definition) is 3. The summed E-state index contributed by atoms with van der Waals surface area (Å²) in [5.41, 5.74) is 1.22. The van der Waals surface area contributed by atoms with Crippen molar-refractivity contribution in [2.75, 3.05) is 6.26 Å². The molecule has 3 heteroatoms. The monoisotopic (exact) mass is 224 g/mol. The molecule has 74 valence electrons. The number of thioether (sulfide) groups is 1. The second kappa shape index (κ2) is 3.93. The van der Waals surface area contributed by atoms with Crippen LogP contribution in [0.2, 0.25) is 0 Å². The van der Waals surface area contributed by atoms with Crippen LogP contribution in [0.1, 0.15) is 10.4 Å². The molecule has 0 saturated carbocycles. The zero-order valence-electron chi connectivity index (χ0n) is 8.20. The van der Waals surface area contributed by atoms with Crippen molar-refractivity contribution >= 4 is 33.2 Å². The molecule has 0 atom stereocenters. The zero-order valence-corrected chi connectivity index (χ0v) is 9.84. The summed E-state index contributed by atoms with van der Waals surface area (Å²) < 4.78 is 1.28. The number of thiophene rings is 1. The molecular weight excluding hydrogens is 212 g/mol. The van der Waals surface area contributed by atoms with Crippen LogP contribution in [0.25, 0.3) is 10.1 Å². The first kappa shape index (κ1) is 10.0. The van der Waals surface area contributed by atoms with E-state index in [0.717, 1.165) is 4.88 Å². The lowest BCUT2D eigenvalue weighted by atomic mass is 10.1. The second-order valence-corrected chi connectivity index (χ2v) is 5.19.